The van der Waals surface area contributed by atoms with Crippen LogP contribution in [-0.4, -0.2) is 51.0 Å². The van der Waals surface area contributed by atoms with Crippen LogP contribution in [0.4, 0.5) is 0 Å². The summed E-state index contributed by atoms with van der Waals surface area (Å²) in [5.74, 6) is -1.02. The molecule has 0 saturated carbocycles. The highest BCUT2D eigenvalue weighted by molar-refractivity contribution is 6.04. The van der Waals surface area contributed by atoms with Crippen LogP contribution in [0.3, 0.4) is 0 Å². The molecule has 1 aliphatic rings. The fourth-order valence-electron chi connectivity index (χ4n) is 2.95. The van der Waals surface area contributed by atoms with Crippen LogP contribution in [0.5, 0.6) is 0 Å². The van der Waals surface area contributed by atoms with Crippen molar-refractivity contribution >= 4 is 11.8 Å². The molecule has 3 N–H and O–H groups in total. The first-order valence-corrected chi connectivity index (χ1v) is 10.4. The van der Waals surface area contributed by atoms with E-state index in [1.54, 1.807) is 45.9 Å². The Kier molecular flexibility index (Phi) is 9.36. The molecule has 0 aromatic carbocycles. The topological polar surface area (TPSA) is 104 Å². The Bertz CT molecular complexity index is 800. The lowest BCUT2D eigenvalue weighted by atomic mass is 9.81. The lowest BCUT2D eigenvalue weighted by Crippen LogP contribution is -2.39. The van der Waals surface area contributed by atoms with Crippen molar-refractivity contribution in [2.45, 2.75) is 71.7 Å². The van der Waals surface area contributed by atoms with Gasteiger partial charge in [0, 0.05) is 11.6 Å². The Morgan fingerprint density at radius 3 is 2.48 bits per heavy atom. The van der Waals surface area contributed by atoms with Gasteiger partial charge in [-0.1, -0.05) is 36.8 Å². The predicted molar refractivity (Wildman–Crippen MR) is 121 cm³/mol. The second-order valence-corrected chi connectivity index (χ2v) is 9.37. The van der Waals surface area contributed by atoms with Gasteiger partial charge in [0.15, 0.2) is 11.9 Å². The van der Waals surface area contributed by atoms with Gasteiger partial charge in [-0.25, -0.2) is 4.79 Å². The Hall–Kier alpha value is -2.28. The molecule has 0 spiro atoms. The van der Waals surface area contributed by atoms with Gasteiger partial charge in [0.05, 0.1) is 12.2 Å². The summed E-state index contributed by atoms with van der Waals surface area (Å²) in [6.07, 6.45) is 12.4. The van der Waals surface area contributed by atoms with Gasteiger partial charge in [-0.3, -0.25) is 4.79 Å². The van der Waals surface area contributed by atoms with Gasteiger partial charge >= 0.3 is 5.97 Å². The smallest absolute Gasteiger partial charge is 0.331 e. The largest absolute Gasteiger partial charge is 0.452 e. The van der Waals surface area contributed by atoms with Crippen molar-refractivity contribution in [2.24, 2.45) is 5.41 Å². The first-order valence-electron chi connectivity index (χ1n) is 10.4. The number of carbonyl (C=O) groups excluding carboxylic acids is 2. The molecule has 0 heterocycles. The van der Waals surface area contributed by atoms with Crippen LogP contribution in [0.15, 0.2) is 59.8 Å². The third kappa shape index (κ3) is 9.59. The molecule has 0 saturated heterocycles. The summed E-state index contributed by atoms with van der Waals surface area (Å²) < 4.78 is 5.49. The van der Waals surface area contributed by atoms with E-state index in [0.717, 1.165) is 5.57 Å². The van der Waals surface area contributed by atoms with Crippen molar-refractivity contribution in [1.82, 2.24) is 0 Å². The summed E-state index contributed by atoms with van der Waals surface area (Å²) in [7, 11) is 0. The molecule has 0 amide bonds. The maximum atomic E-state index is 12.5. The zero-order valence-electron chi connectivity index (χ0n) is 19.4. The third-order valence-electron chi connectivity index (χ3n) is 4.88. The lowest BCUT2D eigenvalue weighted by Gasteiger charge is -2.29. The second kappa shape index (κ2) is 10.8. The summed E-state index contributed by atoms with van der Waals surface area (Å²) in [5.41, 5.74) is -2.16. The molecule has 3 atom stereocenters. The van der Waals surface area contributed by atoms with Gasteiger partial charge in [0.1, 0.15) is 5.60 Å². The van der Waals surface area contributed by atoms with Crippen LogP contribution in [0.2, 0.25) is 0 Å². The highest BCUT2D eigenvalue weighted by Crippen LogP contribution is 2.32. The molecule has 6 nitrogen and oxygen atoms in total. The van der Waals surface area contributed by atoms with E-state index in [1.807, 2.05) is 19.1 Å². The number of carbonyl (C=O) groups is 2. The number of aliphatic hydroxyl groups is 3. The van der Waals surface area contributed by atoms with Gasteiger partial charge in [-0.05, 0) is 71.1 Å². The van der Waals surface area contributed by atoms with Crippen molar-refractivity contribution in [2.75, 3.05) is 6.61 Å². The first kappa shape index (κ1) is 26.8. The zero-order chi connectivity index (χ0) is 23.9. The number of aliphatic hydroxyl groups excluding tert-OH is 1. The van der Waals surface area contributed by atoms with Crippen LogP contribution >= 0.6 is 0 Å². The molecule has 31 heavy (non-hydrogen) atoms. The summed E-state index contributed by atoms with van der Waals surface area (Å²) in [5, 5.41) is 30.5. The fraction of sp³-hybridized carbons (Fsp3) is 0.520. The van der Waals surface area contributed by atoms with E-state index < -0.39 is 41.1 Å². The maximum absolute atomic E-state index is 12.5. The SMILES string of the molecule is CC(C)=CC(=O)O[C@@H]1/C=C/[C@@](C)(C/C=C/C(C)(C)O)C/C=C(/CO)C(=O)/C=C/[C@@]1(C)O. The average Bonchev–Trinajstić information content (AvgIpc) is 2.63. The number of ketones is 1. The van der Waals surface area contributed by atoms with Gasteiger partial charge < -0.3 is 20.1 Å². The van der Waals surface area contributed by atoms with Gasteiger partial charge in [-0.2, -0.15) is 0 Å². The number of allylic oxidation sites excluding steroid dienone is 5. The molecule has 1 aliphatic carbocycles. The van der Waals surface area contributed by atoms with Gasteiger partial charge in [0.25, 0.3) is 0 Å². The highest BCUT2D eigenvalue weighted by Gasteiger charge is 2.32. The number of hydrogen-bond donors (Lipinski definition) is 3. The number of ether oxygens (including phenoxy) is 1. The standard InChI is InChI=1S/C25H36O6/c1-18(2)16-22(28)31-21-10-14-24(5,12-7-11-23(3,4)29)13-8-19(17-26)20(27)9-15-25(21,6)30/h7-11,14-16,21,26,29-30H,12-13,17H2,1-6H3/b11-7+,14-10+,15-9+,19-8-/t21-,24+,25-/m1/s1. The maximum Gasteiger partial charge on any atom is 0.331 e. The second-order valence-electron chi connectivity index (χ2n) is 9.37. The Balaban J connectivity index is 3.42. The quantitative estimate of drug-likeness (QED) is 0.338. The molecule has 0 aliphatic heterocycles. The molecule has 6 heteroatoms. The predicted octanol–water partition coefficient (Wildman–Crippen LogP) is 3.34. The minimum Gasteiger partial charge on any atom is -0.452 e. The van der Waals surface area contributed by atoms with E-state index in [1.165, 1.54) is 25.2 Å². The fourth-order valence-corrected chi connectivity index (χ4v) is 2.95. The van der Waals surface area contributed by atoms with E-state index in [-0.39, 0.29) is 5.57 Å². The van der Waals surface area contributed by atoms with Crippen molar-refractivity contribution in [3.05, 3.63) is 59.8 Å². The Labute approximate surface area is 185 Å². The lowest BCUT2D eigenvalue weighted by molar-refractivity contribution is -0.148. The number of esters is 1. The Morgan fingerprint density at radius 2 is 1.94 bits per heavy atom. The van der Waals surface area contributed by atoms with Crippen LogP contribution < -0.4 is 0 Å². The molecule has 0 aromatic heterocycles. The summed E-state index contributed by atoms with van der Waals surface area (Å²) in [6, 6.07) is 0. The van der Waals surface area contributed by atoms with Crippen LogP contribution in [0.25, 0.3) is 0 Å². The molecule has 0 fully saturated rings. The molecule has 0 radical (unpaired) electrons. The van der Waals surface area contributed by atoms with Crippen molar-refractivity contribution < 1.29 is 29.6 Å². The monoisotopic (exact) mass is 432 g/mol. The van der Waals surface area contributed by atoms with Crippen LogP contribution in [-0.2, 0) is 14.3 Å². The molecule has 0 bridgehead atoms. The Morgan fingerprint density at radius 1 is 1.29 bits per heavy atom. The third-order valence-corrected chi connectivity index (χ3v) is 4.88. The van der Waals surface area contributed by atoms with Crippen molar-refractivity contribution in [3.63, 3.8) is 0 Å². The van der Waals surface area contributed by atoms with E-state index in [4.69, 9.17) is 4.74 Å². The zero-order valence-corrected chi connectivity index (χ0v) is 19.4. The normalized spacial score (nSPS) is 31.3. The molecular weight excluding hydrogens is 396 g/mol. The average molecular weight is 433 g/mol. The minimum absolute atomic E-state index is 0.220. The molecule has 1 rings (SSSR count). The van der Waals surface area contributed by atoms with Crippen molar-refractivity contribution in [3.8, 4) is 0 Å². The molecular formula is C25H36O6. The van der Waals surface area contributed by atoms with Crippen LogP contribution in [0.1, 0.15) is 54.4 Å². The van der Waals surface area contributed by atoms with E-state index in [0.29, 0.717) is 12.8 Å². The summed E-state index contributed by atoms with van der Waals surface area (Å²) >= 11 is 0. The highest BCUT2D eigenvalue weighted by atomic mass is 16.6. The number of hydrogen-bond acceptors (Lipinski definition) is 6. The van der Waals surface area contributed by atoms with Gasteiger partial charge in [-0.15, -0.1) is 0 Å². The van der Waals surface area contributed by atoms with E-state index >= 15 is 0 Å². The van der Waals surface area contributed by atoms with Gasteiger partial charge in [0.2, 0.25) is 0 Å². The van der Waals surface area contributed by atoms with Crippen molar-refractivity contribution in [1.29, 1.82) is 0 Å². The van der Waals surface area contributed by atoms with Crippen LogP contribution in [0, 0.1) is 5.41 Å². The summed E-state index contributed by atoms with van der Waals surface area (Å²) in [6.45, 7) is 9.84. The van der Waals surface area contributed by atoms with E-state index in [9.17, 15) is 24.9 Å². The van der Waals surface area contributed by atoms with E-state index in [2.05, 4.69) is 0 Å². The molecule has 0 unspecified atom stereocenters. The number of rotatable bonds is 6. The first-order chi connectivity index (χ1) is 14.2. The molecule has 172 valence electrons. The summed E-state index contributed by atoms with van der Waals surface area (Å²) in [4.78, 5) is 24.7. The minimum atomic E-state index is -1.65. The molecule has 0 aromatic rings.